The van der Waals surface area contributed by atoms with Crippen molar-refractivity contribution in [2.45, 2.75) is 0 Å². The summed E-state index contributed by atoms with van der Waals surface area (Å²) in [7, 11) is 5.76. The lowest BCUT2D eigenvalue weighted by Gasteiger charge is -2.12. The Hall–Kier alpha value is -9.49. The van der Waals surface area contributed by atoms with Gasteiger partial charge in [0.05, 0.1) is 56.5 Å². The van der Waals surface area contributed by atoms with E-state index in [2.05, 4.69) is 15.4 Å². The second kappa shape index (κ2) is 24.3. The van der Waals surface area contributed by atoms with E-state index < -0.39 is 17.9 Å². The van der Waals surface area contributed by atoms with Crippen molar-refractivity contribution in [3.05, 3.63) is 222 Å². The Morgan fingerprint density at radius 3 is 1.10 bits per heavy atom. The number of carbonyl (C=O) groups excluding carboxylic acids is 4. The number of rotatable bonds is 12. The summed E-state index contributed by atoms with van der Waals surface area (Å²) in [5.41, 5.74) is 14.2. The Morgan fingerprint density at radius 1 is 0.400 bits per heavy atom. The van der Waals surface area contributed by atoms with Gasteiger partial charge in [-0.2, -0.15) is 0 Å². The third-order valence-electron chi connectivity index (χ3n) is 10.7. The maximum absolute atomic E-state index is 12.6. The van der Waals surface area contributed by atoms with Gasteiger partial charge in [-0.1, -0.05) is 109 Å². The molecule has 0 aromatic heterocycles. The van der Waals surface area contributed by atoms with Gasteiger partial charge < -0.3 is 40.4 Å². The van der Waals surface area contributed by atoms with E-state index in [-0.39, 0.29) is 23.1 Å². The van der Waals surface area contributed by atoms with E-state index in [1.165, 1.54) is 20.3 Å². The molecule has 70 heavy (non-hydrogen) atoms. The van der Waals surface area contributed by atoms with E-state index in [1.807, 2.05) is 103 Å². The van der Waals surface area contributed by atoms with Gasteiger partial charge in [-0.05, 0) is 118 Å². The Bertz CT molecular complexity index is 3070. The maximum Gasteiger partial charge on any atom is 0.339 e. The fourth-order valence-corrected chi connectivity index (χ4v) is 6.93. The van der Waals surface area contributed by atoms with Crippen LogP contribution in [0, 0.1) is 0 Å². The Kier molecular flexibility index (Phi) is 17.4. The van der Waals surface area contributed by atoms with Crippen LogP contribution in [0.1, 0.15) is 51.8 Å². The first-order valence-corrected chi connectivity index (χ1v) is 21.6. The van der Waals surface area contributed by atoms with Crippen molar-refractivity contribution in [1.29, 1.82) is 0 Å². The third kappa shape index (κ3) is 13.1. The Morgan fingerprint density at radius 2 is 0.743 bits per heavy atom. The molecular formula is C57H49N3O10. The molecule has 0 radical (unpaired) electrons. The number of carbonyl (C=O) groups is 5. The van der Waals surface area contributed by atoms with Gasteiger partial charge in [-0.25, -0.2) is 14.4 Å². The summed E-state index contributed by atoms with van der Waals surface area (Å²) in [5.74, 6) is -1.45. The minimum Gasteiger partial charge on any atom is -0.497 e. The van der Waals surface area contributed by atoms with Crippen molar-refractivity contribution in [2.24, 2.45) is 0 Å². The van der Waals surface area contributed by atoms with Crippen molar-refractivity contribution in [1.82, 2.24) is 0 Å². The normalized spacial score (nSPS) is 10.1. The lowest BCUT2D eigenvalue weighted by atomic mass is 10.0. The number of methoxy groups -OCH3 is 4. The molecule has 5 N–H and O–H groups in total. The Labute approximate surface area is 405 Å². The molecule has 0 saturated carbocycles. The summed E-state index contributed by atoms with van der Waals surface area (Å²) >= 11 is 0. The van der Waals surface area contributed by atoms with Crippen LogP contribution < -0.4 is 25.8 Å². The van der Waals surface area contributed by atoms with Gasteiger partial charge in [0, 0.05) is 16.8 Å². The van der Waals surface area contributed by atoms with Crippen molar-refractivity contribution in [3.63, 3.8) is 0 Å². The fraction of sp³-hybridized carbons (Fsp3) is 0.0702. The number of ether oxygens (including phenoxy) is 4. The number of amides is 2. The molecule has 0 atom stereocenters. The average molecular weight is 936 g/mol. The van der Waals surface area contributed by atoms with Gasteiger partial charge in [-0.15, -0.1) is 0 Å². The third-order valence-corrected chi connectivity index (χ3v) is 10.7. The van der Waals surface area contributed by atoms with Crippen LogP contribution in [0.5, 0.6) is 11.5 Å². The summed E-state index contributed by atoms with van der Waals surface area (Å²) in [5, 5.41) is 14.9. The SMILES string of the molecule is COC(=O)c1ccc(-c2ccccc2)cc1N.COC(=O)c1ccc(-c2ccccc2)cc1NC(=O)c1ccc(OC)cc1.COc1ccc(C(=O)Nc2cc(-c3ccccc3)ccc2C(=O)O)cc1. The number of anilines is 3. The van der Waals surface area contributed by atoms with Crippen LogP contribution in [0.3, 0.4) is 0 Å². The number of nitrogens with one attached hydrogen (secondary N) is 2. The molecule has 8 rings (SSSR count). The van der Waals surface area contributed by atoms with E-state index >= 15 is 0 Å². The maximum atomic E-state index is 12.6. The number of hydrogen-bond acceptors (Lipinski definition) is 10. The zero-order valence-electron chi connectivity index (χ0n) is 38.7. The van der Waals surface area contributed by atoms with E-state index in [1.54, 1.807) is 99.1 Å². The molecule has 0 saturated heterocycles. The molecule has 0 unspecified atom stereocenters. The van der Waals surface area contributed by atoms with Crippen molar-refractivity contribution < 1.29 is 48.0 Å². The van der Waals surface area contributed by atoms with Crippen LogP contribution in [-0.2, 0) is 9.47 Å². The monoisotopic (exact) mass is 935 g/mol. The molecule has 0 heterocycles. The number of benzene rings is 8. The van der Waals surface area contributed by atoms with Crippen molar-refractivity contribution >= 4 is 46.8 Å². The van der Waals surface area contributed by atoms with Gasteiger partial charge in [0.1, 0.15) is 11.5 Å². The van der Waals surface area contributed by atoms with Gasteiger partial charge in [0.25, 0.3) is 11.8 Å². The van der Waals surface area contributed by atoms with Gasteiger partial charge in [0.2, 0.25) is 0 Å². The van der Waals surface area contributed by atoms with E-state index in [0.29, 0.717) is 45.1 Å². The first-order valence-electron chi connectivity index (χ1n) is 21.6. The first-order chi connectivity index (χ1) is 33.9. The molecule has 0 aliphatic carbocycles. The van der Waals surface area contributed by atoms with Crippen LogP contribution >= 0.6 is 0 Å². The molecular weight excluding hydrogens is 887 g/mol. The highest BCUT2D eigenvalue weighted by molar-refractivity contribution is 6.09. The van der Waals surface area contributed by atoms with Crippen molar-refractivity contribution in [3.8, 4) is 44.9 Å². The van der Waals surface area contributed by atoms with Gasteiger partial charge in [-0.3, -0.25) is 9.59 Å². The minimum atomic E-state index is -1.10. The first kappa shape index (κ1) is 49.9. The number of aromatic carboxylic acids is 1. The number of carboxylic acid groups (broad SMARTS) is 1. The summed E-state index contributed by atoms with van der Waals surface area (Å²) in [6.07, 6.45) is 0. The average Bonchev–Trinajstić information content (AvgIpc) is 3.41. The second-order valence-corrected chi connectivity index (χ2v) is 15.1. The zero-order chi connectivity index (χ0) is 50.0. The molecule has 8 aromatic carbocycles. The van der Waals surface area contributed by atoms with Crippen LogP contribution in [0.2, 0.25) is 0 Å². The van der Waals surface area contributed by atoms with E-state index in [4.69, 9.17) is 19.9 Å². The molecule has 13 nitrogen and oxygen atoms in total. The van der Waals surface area contributed by atoms with Crippen LogP contribution in [-0.4, -0.2) is 63.3 Å². The topological polar surface area (TPSA) is 193 Å². The number of esters is 2. The molecule has 0 bridgehead atoms. The molecule has 0 spiro atoms. The summed E-state index contributed by atoms with van der Waals surface area (Å²) in [4.78, 5) is 60.1. The number of hydrogen-bond donors (Lipinski definition) is 4. The van der Waals surface area contributed by atoms with Crippen LogP contribution in [0.25, 0.3) is 33.4 Å². The lowest BCUT2D eigenvalue weighted by molar-refractivity contribution is 0.0593. The molecule has 352 valence electrons. The van der Waals surface area contributed by atoms with Gasteiger partial charge in [0.15, 0.2) is 0 Å². The number of nitrogen functional groups attached to an aromatic ring is 1. The van der Waals surface area contributed by atoms with Crippen LogP contribution in [0.4, 0.5) is 17.1 Å². The highest BCUT2D eigenvalue weighted by atomic mass is 16.5. The van der Waals surface area contributed by atoms with Gasteiger partial charge >= 0.3 is 17.9 Å². The molecule has 2 amide bonds. The summed E-state index contributed by atoms with van der Waals surface area (Å²) in [6.45, 7) is 0. The molecule has 8 aromatic rings. The quantitative estimate of drug-likeness (QED) is 0.0673. The number of carboxylic acids is 1. The molecule has 0 aliphatic rings. The smallest absolute Gasteiger partial charge is 0.339 e. The zero-order valence-corrected chi connectivity index (χ0v) is 38.7. The largest absolute Gasteiger partial charge is 0.497 e. The summed E-state index contributed by atoms with van der Waals surface area (Å²) in [6, 6.07) is 57.9. The van der Waals surface area contributed by atoms with E-state index in [0.717, 1.165) is 33.4 Å². The highest BCUT2D eigenvalue weighted by Crippen LogP contribution is 2.29. The highest BCUT2D eigenvalue weighted by Gasteiger charge is 2.18. The minimum absolute atomic E-state index is 0.0338. The summed E-state index contributed by atoms with van der Waals surface area (Å²) < 4.78 is 19.7. The van der Waals surface area contributed by atoms with E-state index in [9.17, 15) is 29.1 Å². The molecule has 0 aliphatic heterocycles. The Balaban J connectivity index is 0.000000177. The standard InChI is InChI=1S/C22H19NO4.C21H17NO4.C14H13NO2/c1-26-18-11-8-16(9-12-18)21(24)23-20-14-17(15-6-4-3-5-7-15)10-13-19(20)22(25)27-2;1-26-17-10-7-15(8-11-17)20(23)22-19-13-16(9-12-18(19)21(24)25)14-5-3-2-4-6-14;1-17-14(16)12-8-7-11(9-13(12)15)10-5-3-2-4-6-10/h3-14H,1-2H3,(H,23,24);2-13H,1H3,(H,22,23)(H,24,25);2-9H,15H2,1H3. The van der Waals surface area contributed by atoms with Crippen LogP contribution in [0.15, 0.2) is 194 Å². The predicted octanol–water partition coefficient (Wildman–Crippen LogP) is 11.4. The predicted molar refractivity (Wildman–Crippen MR) is 272 cm³/mol. The fourth-order valence-electron chi connectivity index (χ4n) is 6.93. The van der Waals surface area contributed by atoms with Crippen molar-refractivity contribution in [2.75, 3.05) is 44.8 Å². The number of nitrogens with two attached hydrogens (primary N) is 1. The molecule has 13 heteroatoms. The lowest BCUT2D eigenvalue weighted by Crippen LogP contribution is -2.15. The molecule has 0 fully saturated rings. The second-order valence-electron chi connectivity index (χ2n) is 15.1.